The van der Waals surface area contributed by atoms with Crippen molar-refractivity contribution in [3.05, 3.63) is 82.3 Å². The summed E-state index contributed by atoms with van der Waals surface area (Å²) in [5.74, 6) is -0.274. The summed E-state index contributed by atoms with van der Waals surface area (Å²) in [6.45, 7) is 0. The Morgan fingerprint density at radius 3 is 2.79 bits per heavy atom. The lowest BCUT2D eigenvalue weighted by atomic mass is 10.0. The number of aromatic hydroxyl groups is 1. The number of nitrogens with zero attached hydrogens (tertiary/aromatic N) is 2. The summed E-state index contributed by atoms with van der Waals surface area (Å²) < 4.78 is 0. The van der Waals surface area contributed by atoms with E-state index in [9.17, 15) is 14.7 Å². The van der Waals surface area contributed by atoms with Crippen molar-refractivity contribution in [2.45, 2.75) is 12.8 Å². The molecule has 0 aliphatic rings. The molecule has 7 nitrogen and oxygen atoms in total. The average molecular weight is 386 g/mol. The number of hydrogen-bond acceptors (Lipinski definition) is 5. The van der Waals surface area contributed by atoms with E-state index in [1.807, 2.05) is 42.5 Å². The standard InChI is InChI=1S/C22H18N4O3/c27-20-11-9-14-5-1-2-6-15(14)16(20)13-23-26-21(28)12-10-19-22(29)25-18-8-4-3-7-17(18)24-19/h1-9,11,13,27H,10,12H2,(H,25,29)(H,26,28)/b23-13+. The molecule has 4 rings (SSSR count). The van der Waals surface area contributed by atoms with Crippen molar-refractivity contribution in [3.8, 4) is 5.75 Å². The van der Waals surface area contributed by atoms with Crippen LogP contribution in [-0.4, -0.2) is 27.2 Å². The van der Waals surface area contributed by atoms with Crippen LogP contribution in [0.3, 0.4) is 0 Å². The molecule has 0 unspecified atom stereocenters. The van der Waals surface area contributed by atoms with Crippen LogP contribution in [0, 0.1) is 0 Å². The first-order valence-electron chi connectivity index (χ1n) is 9.12. The van der Waals surface area contributed by atoms with Gasteiger partial charge in [0.05, 0.1) is 17.2 Å². The largest absolute Gasteiger partial charge is 0.507 e. The lowest BCUT2D eigenvalue weighted by molar-refractivity contribution is -0.121. The molecule has 1 heterocycles. The van der Waals surface area contributed by atoms with Crippen molar-refractivity contribution in [2.75, 3.05) is 0 Å². The summed E-state index contributed by atoms with van der Waals surface area (Å²) in [6.07, 6.45) is 1.67. The highest BCUT2D eigenvalue weighted by Crippen LogP contribution is 2.25. The second-order valence-electron chi connectivity index (χ2n) is 6.54. The van der Waals surface area contributed by atoms with Crippen LogP contribution < -0.4 is 11.0 Å². The van der Waals surface area contributed by atoms with Crippen molar-refractivity contribution >= 4 is 33.9 Å². The maximum atomic E-state index is 12.1. The maximum Gasteiger partial charge on any atom is 0.270 e. The second kappa shape index (κ2) is 7.93. The quantitative estimate of drug-likeness (QED) is 0.362. The van der Waals surface area contributed by atoms with E-state index in [0.29, 0.717) is 22.3 Å². The van der Waals surface area contributed by atoms with Crippen LogP contribution in [0.25, 0.3) is 21.8 Å². The van der Waals surface area contributed by atoms with Gasteiger partial charge in [0, 0.05) is 18.4 Å². The monoisotopic (exact) mass is 386 g/mol. The predicted octanol–water partition coefficient (Wildman–Crippen LogP) is 2.86. The van der Waals surface area contributed by atoms with Gasteiger partial charge in [-0.15, -0.1) is 0 Å². The Morgan fingerprint density at radius 2 is 1.90 bits per heavy atom. The molecule has 0 bridgehead atoms. The number of rotatable bonds is 5. The maximum absolute atomic E-state index is 12.1. The number of aromatic nitrogens is 2. The van der Waals surface area contributed by atoms with Gasteiger partial charge in [-0.2, -0.15) is 5.10 Å². The number of nitrogens with one attached hydrogen (secondary N) is 2. The number of carbonyl (C=O) groups excluding carboxylic acids is 1. The number of hydrazone groups is 1. The average Bonchev–Trinajstić information content (AvgIpc) is 2.74. The van der Waals surface area contributed by atoms with E-state index < -0.39 is 0 Å². The minimum absolute atomic E-state index is 0.0628. The van der Waals surface area contributed by atoms with E-state index in [4.69, 9.17) is 0 Å². The molecule has 144 valence electrons. The number of aryl methyl sites for hydroxylation is 1. The van der Waals surface area contributed by atoms with Gasteiger partial charge in [0.1, 0.15) is 11.4 Å². The molecule has 0 saturated carbocycles. The summed E-state index contributed by atoms with van der Waals surface area (Å²) in [4.78, 5) is 31.3. The number of para-hydroxylation sites is 2. The summed E-state index contributed by atoms with van der Waals surface area (Å²) >= 11 is 0. The van der Waals surface area contributed by atoms with Crippen molar-refractivity contribution in [1.29, 1.82) is 0 Å². The van der Waals surface area contributed by atoms with Crippen LogP contribution in [0.15, 0.2) is 70.6 Å². The molecule has 7 heteroatoms. The van der Waals surface area contributed by atoms with Gasteiger partial charge >= 0.3 is 0 Å². The number of hydrogen-bond donors (Lipinski definition) is 3. The Kier molecular flexibility index (Phi) is 5.03. The van der Waals surface area contributed by atoms with Crippen molar-refractivity contribution in [3.63, 3.8) is 0 Å². The lowest BCUT2D eigenvalue weighted by Crippen LogP contribution is -2.21. The third-order valence-electron chi connectivity index (χ3n) is 4.59. The van der Waals surface area contributed by atoms with E-state index >= 15 is 0 Å². The Hall–Kier alpha value is -4.00. The number of fused-ring (bicyclic) bond motifs is 2. The first-order chi connectivity index (χ1) is 14.1. The normalized spacial score (nSPS) is 11.3. The van der Waals surface area contributed by atoms with Gasteiger partial charge in [0.2, 0.25) is 5.91 Å². The number of amides is 1. The zero-order valence-corrected chi connectivity index (χ0v) is 15.4. The Bertz CT molecular complexity index is 1290. The molecule has 0 radical (unpaired) electrons. The van der Waals surface area contributed by atoms with E-state index in [1.165, 1.54) is 6.21 Å². The molecular weight excluding hydrogens is 368 g/mol. The highest BCUT2D eigenvalue weighted by molar-refractivity contribution is 6.02. The number of carbonyl (C=O) groups is 1. The van der Waals surface area contributed by atoms with Gasteiger partial charge in [-0.05, 0) is 29.0 Å². The number of benzene rings is 3. The predicted molar refractivity (Wildman–Crippen MR) is 112 cm³/mol. The van der Waals surface area contributed by atoms with Gasteiger partial charge in [0.25, 0.3) is 5.56 Å². The van der Waals surface area contributed by atoms with Gasteiger partial charge in [0.15, 0.2) is 0 Å². The summed E-state index contributed by atoms with van der Waals surface area (Å²) in [6, 6.07) is 18.2. The van der Waals surface area contributed by atoms with E-state index in [2.05, 4.69) is 20.5 Å². The molecule has 0 aliphatic carbocycles. The molecule has 1 aromatic heterocycles. The van der Waals surface area contributed by atoms with Gasteiger partial charge in [-0.3, -0.25) is 9.59 Å². The van der Waals surface area contributed by atoms with Crippen LogP contribution in [0.2, 0.25) is 0 Å². The molecule has 4 aromatic rings. The van der Waals surface area contributed by atoms with Crippen LogP contribution in [0.5, 0.6) is 5.75 Å². The molecule has 29 heavy (non-hydrogen) atoms. The molecule has 0 fully saturated rings. The first kappa shape index (κ1) is 18.4. The first-order valence-corrected chi connectivity index (χ1v) is 9.12. The van der Waals surface area contributed by atoms with Crippen LogP contribution in [0.1, 0.15) is 17.7 Å². The second-order valence-corrected chi connectivity index (χ2v) is 6.54. The fraction of sp³-hybridized carbons (Fsp3) is 0.0909. The highest BCUT2D eigenvalue weighted by Gasteiger charge is 2.08. The summed E-state index contributed by atoms with van der Waals surface area (Å²) in [5, 5.41) is 15.8. The fourth-order valence-corrected chi connectivity index (χ4v) is 3.11. The minimum atomic E-state index is -0.352. The zero-order valence-electron chi connectivity index (χ0n) is 15.4. The van der Waals surface area contributed by atoms with Crippen molar-refractivity contribution < 1.29 is 9.90 Å². The molecule has 0 aliphatic heterocycles. The molecule has 1 amide bonds. The number of H-pyrrole nitrogens is 1. The Morgan fingerprint density at radius 1 is 1.10 bits per heavy atom. The Labute approximate surface area is 165 Å². The van der Waals surface area contributed by atoms with E-state index in [-0.39, 0.29) is 30.1 Å². The van der Waals surface area contributed by atoms with Crippen LogP contribution in [0.4, 0.5) is 0 Å². The highest BCUT2D eigenvalue weighted by atomic mass is 16.3. The SMILES string of the molecule is O=C(CCc1nc2ccccc2[nH]c1=O)N/N=C/c1c(O)ccc2ccccc12. The topological polar surface area (TPSA) is 107 Å². The summed E-state index contributed by atoms with van der Waals surface area (Å²) in [7, 11) is 0. The third-order valence-corrected chi connectivity index (χ3v) is 4.59. The fourth-order valence-electron chi connectivity index (χ4n) is 3.11. The molecule has 0 atom stereocenters. The van der Waals surface area contributed by atoms with E-state index in [1.54, 1.807) is 18.2 Å². The number of phenols is 1. The summed E-state index contributed by atoms with van der Waals surface area (Å²) in [5.41, 5.74) is 4.28. The minimum Gasteiger partial charge on any atom is -0.507 e. The Balaban J connectivity index is 1.43. The molecule has 0 spiro atoms. The lowest BCUT2D eigenvalue weighted by Gasteiger charge is -2.05. The zero-order chi connectivity index (χ0) is 20.2. The molecular formula is C22H18N4O3. The van der Waals surface area contributed by atoms with Crippen molar-refractivity contribution in [2.24, 2.45) is 5.10 Å². The third kappa shape index (κ3) is 3.98. The van der Waals surface area contributed by atoms with E-state index in [0.717, 1.165) is 10.8 Å². The number of aromatic amines is 1. The van der Waals surface area contributed by atoms with Crippen LogP contribution >= 0.6 is 0 Å². The van der Waals surface area contributed by atoms with Gasteiger partial charge in [-0.1, -0.05) is 42.5 Å². The smallest absolute Gasteiger partial charge is 0.270 e. The number of phenolic OH excluding ortho intramolecular Hbond substituents is 1. The van der Waals surface area contributed by atoms with Crippen molar-refractivity contribution in [1.82, 2.24) is 15.4 Å². The molecule has 3 N–H and O–H groups in total. The molecule has 0 saturated heterocycles. The van der Waals surface area contributed by atoms with Gasteiger partial charge < -0.3 is 10.1 Å². The van der Waals surface area contributed by atoms with Crippen LogP contribution in [-0.2, 0) is 11.2 Å². The van der Waals surface area contributed by atoms with Gasteiger partial charge in [-0.25, -0.2) is 10.4 Å². The molecule has 3 aromatic carbocycles.